The Labute approximate surface area is 59.5 Å². The number of hydrogen-bond acceptors (Lipinski definition) is 3. The lowest BCUT2D eigenvalue weighted by molar-refractivity contribution is 0.594. The van der Waals surface area contributed by atoms with Gasteiger partial charge in [0, 0.05) is 6.54 Å². The Morgan fingerprint density at radius 2 is 2.11 bits per heavy atom. The minimum absolute atomic E-state index is 0.0211. The monoisotopic (exact) mass is 172 g/mol. The summed E-state index contributed by atoms with van der Waals surface area (Å²) in [4.78, 5) is 2.29. The number of hydrogen-bond donors (Lipinski definition) is 2. The van der Waals surface area contributed by atoms with Gasteiger partial charge >= 0.3 is 0 Å². The van der Waals surface area contributed by atoms with Gasteiger partial charge in [0.1, 0.15) is 0 Å². The highest BCUT2D eigenvalue weighted by Crippen LogP contribution is 1.82. The van der Waals surface area contributed by atoms with Gasteiger partial charge in [-0.15, -0.1) is 0 Å². The Balaban J connectivity index is 3.30. The van der Waals surface area contributed by atoms with Crippen molar-refractivity contribution >= 4 is 21.8 Å². The molecule has 6 heteroatoms. The predicted octanol–water partition coefficient (Wildman–Crippen LogP) is -0.592. The van der Waals surface area contributed by atoms with Gasteiger partial charge in [0.15, 0.2) is 0 Å². The molecule has 9 heavy (non-hydrogen) atoms. The van der Waals surface area contributed by atoms with Crippen molar-refractivity contribution in [3.05, 3.63) is 0 Å². The summed E-state index contributed by atoms with van der Waals surface area (Å²) in [5, 5.41) is 4.68. The van der Waals surface area contributed by atoms with E-state index in [0.29, 0.717) is 13.0 Å². The third kappa shape index (κ3) is 8.16. The lowest BCUT2D eigenvalue weighted by Crippen LogP contribution is -2.18. The highest BCUT2D eigenvalue weighted by Gasteiger charge is 1.99. The van der Waals surface area contributed by atoms with E-state index in [2.05, 4.69) is 9.97 Å². The van der Waals surface area contributed by atoms with E-state index in [0.717, 1.165) is 0 Å². The Hall–Kier alpha value is 0.160. The van der Waals surface area contributed by atoms with Crippen molar-refractivity contribution in [3.8, 4) is 0 Å². The quantitative estimate of drug-likeness (QED) is 0.440. The highest BCUT2D eigenvalue weighted by atomic mass is 35.5. The van der Waals surface area contributed by atoms with Crippen molar-refractivity contribution in [3.63, 3.8) is 0 Å². The first-order valence-corrected chi connectivity index (χ1v) is 4.49. The van der Waals surface area contributed by atoms with E-state index in [1.165, 1.54) is 0 Å². The molecule has 0 saturated heterocycles. The molecular formula is C3H9ClN2O2S. The van der Waals surface area contributed by atoms with Crippen LogP contribution in [0.5, 0.6) is 0 Å². The molecule has 0 aromatic carbocycles. The van der Waals surface area contributed by atoms with Gasteiger partial charge in [-0.2, -0.15) is 0 Å². The summed E-state index contributed by atoms with van der Waals surface area (Å²) in [5.41, 5.74) is 0. The fourth-order valence-corrected chi connectivity index (χ4v) is 1.02. The molecule has 0 radical (unpaired) electrons. The predicted molar refractivity (Wildman–Crippen MR) is 36.4 cm³/mol. The highest BCUT2D eigenvalue weighted by molar-refractivity contribution is 7.89. The third-order valence-corrected chi connectivity index (χ3v) is 1.75. The number of nitrogens with one attached hydrogen (secondary N) is 1. The Bertz CT molecular complexity index is 155. The van der Waals surface area contributed by atoms with Gasteiger partial charge in [-0.25, -0.2) is 18.4 Å². The molecule has 0 saturated carbocycles. The number of rotatable bonds is 4. The van der Waals surface area contributed by atoms with Crippen LogP contribution in [0.25, 0.3) is 0 Å². The van der Waals surface area contributed by atoms with E-state index in [9.17, 15) is 8.42 Å². The van der Waals surface area contributed by atoms with E-state index in [1.807, 2.05) is 0 Å². The number of primary sulfonamides is 1. The number of nitrogens with two attached hydrogens (primary N) is 1. The van der Waals surface area contributed by atoms with Crippen LogP contribution in [0.1, 0.15) is 6.42 Å². The summed E-state index contributed by atoms with van der Waals surface area (Å²) in [6, 6.07) is 0. The summed E-state index contributed by atoms with van der Waals surface area (Å²) >= 11 is 5.04. The van der Waals surface area contributed by atoms with Crippen LogP contribution in [0.3, 0.4) is 0 Å². The number of sulfonamides is 1. The zero-order valence-electron chi connectivity index (χ0n) is 4.80. The van der Waals surface area contributed by atoms with E-state index >= 15 is 0 Å². The SMILES string of the molecule is NS(=O)(=O)CCCNCl. The first-order chi connectivity index (χ1) is 4.06. The van der Waals surface area contributed by atoms with Gasteiger partial charge in [0.2, 0.25) is 10.0 Å². The molecule has 0 aliphatic heterocycles. The maximum absolute atomic E-state index is 10.2. The van der Waals surface area contributed by atoms with Crippen LogP contribution >= 0.6 is 11.8 Å². The summed E-state index contributed by atoms with van der Waals surface area (Å²) < 4.78 is 20.4. The molecule has 0 aliphatic carbocycles. The Morgan fingerprint density at radius 3 is 2.44 bits per heavy atom. The molecule has 0 unspecified atom stereocenters. The number of halogens is 1. The van der Waals surface area contributed by atoms with Crippen LogP contribution in [-0.4, -0.2) is 20.7 Å². The summed E-state index contributed by atoms with van der Waals surface area (Å²) in [6.07, 6.45) is 0.447. The molecule has 0 bridgehead atoms. The molecular weight excluding hydrogens is 164 g/mol. The minimum Gasteiger partial charge on any atom is -0.234 e. The molecule has 0 aliphatic rings. The Kier molecular flexibility index (Phi) is 4.12. The van der Waals surface area contributed by atoms with Crippen molar-refractivity contribution in [1.29, 1.82) is 0 Å². The summed E-state index contributed by atoms with van der Waals surface area (Å²) in [7, 11) is -3.30. The minimum atomic E-state index is -3.30. The Morgan fingerprint density at radius 1 is 1.56 bits per heavy atom. The molecule has 3 N–H and O–H groups in total. The van der Waals surface area contributed by atoms with Crippen LogP contribution < -0.4 is 9.97 Å². The molecule has 0 aromatic heterocycles. The smallest absolute Gasteiger partial charge is 0.209 e. The zero-order valence-corrected chi connectivity index (χ0v) is 6.37. The van der Waals surface area contributed by atoms with Crippen LogP contribution in [0.15, 0.2) is 0 Å². The molecule has 0 aromatic rings. The van der Waals surface area contributed by atoms with Gasteiger partial charge in [0.05, 0.1) is 5.75 Å². The van der Waals surface area contributed by atoms with Gasteiger partial charge in [-0.3, -0.25) is 0 Å². The zero-order chi connectivity index (χ0) is 7.33. The first kappa shape index (κ1) is 9.16. The average molecular weight is 173 g/mol. The average Bonchev–Trinajstić information content (AvgIpc) is 1.63. The maximum Gasteiger partial charge on any atom is 0.209 e. The third-order valence-electron chi connectivity index (χ3n) is 0.700. The van der Waals surface area contributed by atoms with Crippen LogP contribution in [0, 0.1) is 0 Å². The van der Waals surface area contributed by atoms with Crippen molar-refractivity contribution in [1.82, 2.24) is 4.84 Å². The van der Waals surface area contributed by atoms with Crippen LogP contribution in [0.2, 0.25) is 0 Å². The normalized spacial score (nSPS) is 11.8. The van der Waals surface area contributed by atoms with Gasteiger partial charge in [-0.1, -0.05) is 0 Å². The van der Waals surface area contributed by atoms with E-state index in [4.69, 9.17) is 11.8 Å². The fourth-order valence-electron chi connectivity index (χ4n) is 0.340. The van der Waals surface area contributed by atoms with Crippen molar-refractivity contribution in [2.24, 2.45) is 5.14 Å². The first-order valence-electron chi connectivity index (χ1n) is 2.40. The van der Waals surface area contributed by atoms with Gasteiger partial charge in [-0.05, 0) is 18.2 Å². The van der Waals surface area contributed by atoms with Gasteiger partial charge < -0.3 is 0 Å². The summed E-state index contributed by atoms with van der Waals surface area (Å²) in [6.45, 7) is 0.456. The fraction of sp³-hybridized carbons (Fsp3) is 1.00. The van der Waals surface area contributed by atoms with Gasteiger partial charge in [0.25, 0.3) is 0 Å². The molecule has 0 heterocycles. The molecule has 0 spiro atoms. The second kappa shape index (κ2) is 4.05. The summed E-state index contributed by atoms with van der Waals surface area (Å²) in [5.74, 6) is -0.0211. The largest absolute Gasteiger partial charge is 0.234 e. The van der Waals surface area contributed by atoms with E-state index < -0.39 is 10.0 Å². The lowest BCUT2D eigenvalue weighted by Gasteiger charge is -1.94. The second-order valence-electron chi connectivity index (χ2n) is 1.60. The molecule has 0 atom stereocenters. The lowest BCUT2D eigenvalue weighted by atomic mass is 10.5. The standard InChI is InChI=1S/C3H9ClN2O2S/c4-6-2-1-3-9(5,7)8/h6H,1-3H2,(H2,5,7,8). The van der Waals surface area contributed by atoms with Crippen molar-refractivity contribution in [2.75, 3.05) is 12.3 Å². The van der Waals surface area contributed by atoms with E-state index in [-0.39, 0.29) is 5.75 Å². The molecule has 0 fully saturated rings. The molecule has 56 valence electrons. The van der Waals surface area contributed by atoms with E-state index in [1.54, 1.807) is 0 Å². The topological polar surface area (TPSA) is 72.2 Å². The molecule has 4 nitrogen and oxygen atoms in total. The second-order valence-corrected chi connectivity index (χ2v) is 3.61. The van der Waals surface area contributed by atoms with Crippen molar-refractivity contribution < 1.29 is 8.42 Å². The van der Waals surface area contributed by atoms with Crippen molar-refractivity contribution in [2.45, 2.75) is 6.42 Å². The van der Waals surface area contributed by atoms with Crippen LogP contribution in [-0.2, 0) is 10.0 Å². The molecule has 0 rings (SSSR count). The maximum atomic E-state index is 10.2. The van der Waals surface area contributed by atoms with Crippen LogP contribution in [0.4, 0.5) is 0 Å². The molecule has 0 amide bonds.